The third-order valence-electron chi connectivity index (χ3n) is 1.72. The maximum absolute atomic E-state index is 8.92. The number of nitrogens with zero attached hydrogens (tertiary/aromatic N) is 1. The molecule has 0 saturated carbocycles. The van der Waals surface area contributed by atoms with Gasteiger partial charge in [0.05, 0.1) is 11.6 Å². The van der Waals surface area contributed by atoms with Gasteiger partial charge in [0.2, 0.25) is 0 Å². The third-order valence-corrected chi connectivity index (χ3v) is 4.03. The smallest absolute Gasteiger partial charge is 0.0999 e. The lowest BCUT2D eigenvalue weighted by atomic mass is 10.1. The van der Waals surface area contributed by atoms with Crippen molar-refractivity contribution in [3.8, 4) is 6.07 Å². The number of halogens is 2. The molecule has 0 unspecified atom stereocenters. The number of nitriles is 1. The summed E-state index contributed by atoms with van der Waals surface area (Å²) in [7, 11) is 0. The van der Waals surface area contributed by atoms with Gasteiger partial charge in [0.1, 0.15) is 0 Å². The summed E-state index contributed by atoms with van der Waals surface area (Å²) in [6, 6.07) is 6.04. The highest BCUT2D eigenvalue weighted by Gasteiger charge is 2.07. The Morgan fingerprint density at radius 3 is 2.77 bits per heavy atom. The van der Waals surface area contributed by atoms with Crippen LogP contribution in [0.4, 0.5) is 0 Å². The van der Waals surface area contributed by atoms with Crippen LogP contribution in [0.25, 0.3) is 10.1 Å². The van der Waals surface area contributed by atoms with Crippen LogP contribution in [0.5, 0.6) is 0 Å². The molecule has 0 amide bonds. The van der Waals surface area contributed by atoms with E-state index in [1.165, 1.54) is 0 Å². The van der Waals surface area contributed by atoms with Crippen molar-refractivity contribution in [3.05, 3.63) is 32.0 Å². The van der Waals surface area contributed by atoms with Crippen LogP contribution in [0.15, 0.2) is 26.5 Å². The van der Waals surface area contributed by atoms with Gasteiger partial charge in [0, 0.05) is 24.4 Å². The highest BCUT2D eigenvalue weighted by atomic mass is 79.9. The fraction of sp³-hybridized carbons (Fsp3) is 0. The van der Waals surface area contributed by atoms with Crippen LogP contribution in [0, 0.1) is 11.3 Å². The monoisotopic (exact) mass is 315 g/mol. The van der Waals surface area contributed by atoms with E-state index in [0.29, 0.717) is 5.56 Å². The zero-order chi connectivity index (χ0) is 9.42. The minimum Gasteiger partial charge on any atom is -0.192 e. The summed E-state index contributed by atoms with van der Waals surface area (Å²) >= 11 is 8.43. The Kier molecular flexibility index (Phi) is 2.41. The molecule has 4 heteroatoms. The van der Waals surface area contributed by atoms with Crippen LogP contribution in [-0.2, 0) is 0 Å². The van der Waals surface area contributed by atoms with E-state index in [2.05, 4.69) is 37.9 Å². The standard InChI is InChI=1S/C9H3Br2NS/c10-6-1-5(3-12)9-7(11)4-13-8(9)2-6/h1-2,4H. The molecule has 0 saturated heterocycles. The Morgan fingerprint density at radius 2 is 2.08 bits per heavy atom. The number of thiophene rings is 1. The molecule has 1 nitrogen and oxygen atoms in total. The quantitative estimate of drug-likeness (QED) is 0.711. The molecule has 0 aliphatic rings. The number of benzene rings is 1. The van der Waals surface area contributed by atoms with Crippen LogP contribution < -0.4 is 0 Å². The summed E-state index contributed by atoms with van der Waals surface area (Å²) in [5.74, 6) is 0. The molecule has 13 heavy (non-hydrogen) atoms. The predicted octanol–water partition coefficient (Wildman–Crippen LogP) is 4.30. The van der Waals surface area contributed by atoms with Gasteiger partial charge in [0.15, 0.2) is 0 Å². The van der Waals surface area contributed by atoms with Gasteiger partial charge in [-0.1, -0.05) is 15.9 Å². The van der Waals surface area contributed by atoms with Crippen LogP contribution in [-0.4, -0.2) is 0 Å². The Morgan fingerprint density at radius 1 is 1.31 bits per heavy atom. The molecule has 0 aliphatic carbocycles. The third kappa shape index (κ3) is 1.52. The van der Waals surface area contributed by atoms with Gasteiger partial charge < -0.3 is 0 Å². The normalized spacial score (nSPS) is 10.2. The molecular weight excluding hydrogens is 314 g/mol. The average molecular weight is 317 g/mol. The summed E-state index contributed by atoms with van der Waals surface area (Å²) in [4.78, 5) is 0. The molecule has 2 aromatic rings. The number of rotatable bonds is 0. The van der Waals surface area contributed by atoms with Crippen molar-refractivity contribution in [1.82, 2.24) is 0 Å². The second kappa shape index (κ2) is 3.41. The first-order chi connectivity index (χ1) is 6.22. The molecule has 0 spiro atoms. The summed E-state index contributed by atoms with van der Waals surface area (Å²) in [6.45, 7) is 0. The molecule has 0 radical (unpaired) electrons. The van der Waals surface area contributed by atoms with Crippen LogP contribution >= 0.6 is 43.2 Å². The van der Waals surface area contributed by atoms with E-state index in [0.717, 1.165) is 19.0 Å². The van der Waals surface area contributed by atoms with E-state index < -0.39 is 0 Å². The molecule has 1 aromatic carbocycles. The van der Waals surface area contributed by atoms with Crippen molar-refractivity contribution in [2.45, 2.75) is 0 Å². The number of hydrogen-bond acceptors (Lipinski definition) is 2. The fourth-order valence-corrected chi connectivity index (χ4v) is 3.51. The van der Waals surface area contributed by atoms with E-state index in [4.69, 9.17) is 5.26 Å². The van der Waals surface area contributed by atoms with E-state index in [-0.39, 0.29) is 0 Å². The Balaban J connectivity index is 2.95. The second-order valence-corrected chi connectivity index (χ2v) is 5.20. The molecule has 64 valence electrons. The van der Waals surface area contributed by atoms with Crippen molar-refractivity contribution >= 4 is 53.3 Å². The Hall–Kier alpha value is -0.370. The average Bonchev–Trinajstić information content (AvgIpc) is 2.46. The summed E-state index contributed by atoms with van der Waals surface area (Å²) in [5, 5.41) is 11.9. The van der Waals surface area contributed by atoms with Gasteiger partial charge in [-0.3, -0.25) is 0 Å². The first kappa shape index (κ1) is 9.20. The van der Waals surface area contributed by atoms with Crippen LogP contribution in [0.2, 0.25) is 0 Å². The van der Waals surface area contributed by atoms with Crippen molar-refractivity contribution in [2.24, 2.45) is 0 Å². The first-order valence-electron chi connectivity index (χ1n) is 3.48. The minimum atomic E-state index is 0.706. The van der Waals surface area contributed by atoms with Crippen molar-refractivity contribution in [3.63, 3.8) is 0 Å². The van der Waals surface area contributed by atoms with Gasteiger partial charge in [-0.05, 0) is 28.1 Å². The highest BCUT2D eigenvalue weighted by Crippen LogP contribution is 2.34. The van der Waals surface area contributed by atoms with Gasteiger partial charge in [0.25, 0.3) is 0 Å². The lowest BCUT2D eigenvalue weighted by molar-refractivity contribution is 1.50. The molecular formula is C9H3Br2NS. The van der Waals surface area contributed by atoms with Gasteiger partial charge in [-0.2, -0.15) is 5.26 Å². The lowest BCUT2D eigenvalue weighted by Crippen LogP contribution is -1.76. The zero-order valence-electron chi connectivity index (χ0n) is 6.34. The predicted molar refractivity (Wildman–Crippen MR) is 61.9 cm³/mol. The topological polar surface area (TPSA) is 23.8 Å². The fourth-order valence-electron chi connectivity index (χ4n) is 1.18. The largest absolute Gasteiger partial charge is 0.192 e. The van der Waals surface area contributed by atoms with Crippen molar-refractivity contribution < 1.29 is 0 Å². The van der Waals surface area contributed by atoms with Crippen molar-refractivity contribution in [1.29, 1.82) is 5.26 Å². The molecule has 2 rings (SSSR count). The zero-order valence-corrected chi connectivity index (χ0v) is 10.3. The van der Waals surface area contributed by atoms with E-state index >= 15 is 0 Å². The van der Waals surface area contributed by atoms with E-state index in [1.54, 1.807) is 11.3 Å². The molecule has 1 heterocycles. The van der Waals surface area contributed by atoms with E-state index in [9.17, 15) is 0 Å². The van der Waals surface area contributed by atoms with Gasteiger partial charge in [-0.25, -0.2) is 0 Å². The Bertz CT molecular complexity index is 510. The summed E-state index contributed by atoms with van der Waals surface area (Å²) < 4.78 is 3.07. The van der Waals surface area contributed by atoms with E-state index in [1.807, 2.05) is 17.5 Å². The molecule has 1 aromatic heterocycles. The van der Waals surface area contributed by atoms with Gasteiger partial charge in [-0.15, -0.1) is 11.3 Å². The van der Waals surface area contributed by atoms with Crippen LogP contribution in [0.3, 0.4) is 0 Å². The SMILES string of the molecule is N#Cc1cc(Br)cc2scc(Br)c12. The molecule has 0 aliphatic heterocycles. The van der Waals surface area contributed by atoms with Gasteiger partial charge >= 0.3 is 0 Å². The number of fused-ring (bicyclic) bond motifs is 1. The molecule has 0 fully saturated rings. The summed E-state index contributed by atoms with van der Waals surface area (Å²) in [5.41, 5.74) is 0.706. The lowest BCUT2D eigenvalue weighted by Gasteiger charge is -1.95. The maximum atomic E-state index is 8.92. The highest BCUT2D eigenvalue weighted by molar-refractivity contribution is 9.11. The van der Waals surface area contributed by atoms with Crippen LogP contribution in [0.1, 0.15) is 5.56 Å². The summed E-state index contributed by atoms with van der Waals surface area (Å²) in [6.07, 6.45) is 0. The Labute approximate surface area is 96.2 Å². The van der Waals surface area contributed by atoms with Crippen molar-refractivity contribution in [2.75, 3.05) is 0 Å². The number of hydrogen-bond donors (Lipinski definition) is 0. The molecule has 0 N–H and O–H groups in total. The minimum absolute atomic E-state index is 0.706. The second-order valence-electron chi connectivity index (χ2n) is 2.52. The first-order valence-corrected chi connectivity index (χ1v) is 5.95. The maximum Gasteiger partial charge on any atom is 0.0999 e. The molecule has 0 bridgehead atoms. The molecule has 0 atom stereocenters.